The molecule has 3 unspecified atom stereocenters. The molecule has 1 aromatic rings. The van der Waals surface area contributed by atoms with Gasteiger partial charge >= 0.3 is 5.97 Å². The van der Waals surface area contributed by atoms with Crippen LogP contribution in [-0.2, 0) is 9.59 Å². The number of carboxylic acids is 1. The van der Waals surface area contributed by atoms with E-state index >= 15 is 0 Å². The fourth-order valence-electron chi connectivity index (χ4n) is 2.41. The van der Waals surface area contributed by atoms with Crippen LogP contribution in [0, 0.1) is 11.8 Å². The first-order valence-electron chi connectivity index (χ1n) is 7.98. The summed E-state index contributed by atoms with van der Waals surface area (Å²) in [6.07, 6.45) is 3.31. The van der Waals surface area contributed by atoms with Crippen molar-refractivity contribution in [1.82, 2.24) is 5.32 Å². The van der Waals surface area contributed by atoms with E-state index in [-0.39, 0.29) is 18.2 Å². The largest absolute Gasteiger partial charge is 0.480 e. The molecule has 3 atom stereocenters. The minimum absolute atomic E-state index is 0.00457. The van der Waals surface area contributed by atoms with Crippen LogP contribution >= 0.6 is 0 Å². The summed E-state index contributed by atoms with van der Waals surface area (Å²) >= 11 is 0. The Morgan fingerprint density at radius 1 is 1.33 bits per heavy atom. The Morgan fingerprint density at radius 3 is 2.46 bits per heavy atom. The highest BCUT2D eigenvalue weighted by molar-refractivity contribution is 5.98. The second-order valence-corrected chi connectivity index (χ2v) is 6.12. The third-order valence-electron chi connectivity index (χ3n) is 4.12. The number of amides is 2. The van der Waals surface area contributed by atoms with Gasteiger partial charge in [0.1, 0.15) is 6.04 Å². The summed E-state index contributed by atoms with van der Waals surface area (Å²) in [5.41, 5.74) is 0.967. The molecule has 1 saturated carbocycles. The van der Waals surface area contributed by atoms with Crippen molar-refractivity contribution < 1.29 is 19.5 Å². The van der Waals surface area contributed by atoms with Gasteiger partial charge in [0.15, 0.2) is 0 Å². The van der Waals surface area contributed by atoms with Gasteiger partial charge in [0.25, 0.3) is 5.91 Å². The maximum atomic E-state index is 12.1. The third kappa shape index (κ3) is 4.68. The molecule has 2 rings (SSSR count). The third-order valence-corrected chi connectivity index (χ3v) is 4.12. The van der Waals surface area contributed by atoms with Crippen LogP contribution in [0.5, 0.6) is 0 Å². The zero-order valence-corrected chi connectivity index (χ0v) is 13.6. The summed E-state index contributed by atoms with van der Waals surface area (Å²) < 4.78 is 0. The molecule has 2 amide bonds. The van der Waals surface area contributed by atoms with E-state index in [0.717, 1.165) is 6.42 Å². The number of anilines is 1. The monoisotopic (exact) mass is 330 g/mol. The quantitative estimate of drug-likeness (QED) is 0.638. The smallest absolute Gasteiger partial charge is 0.326 e. The topological polar surface area (TPSA) is 95.5 Å². The van der Waals surface area contributed by atoms with Crippen molar-refractivity contribution >= 4 is 23.5 Å². The second-order valence-electron chi connectivity index (χ2n) is 6.12. The summed E-state index contributed by atoms with van der Waals surface area (Å²) in [4.78, 5) is 35.1. The molecular formula is C18H22N2O4. The molecule has 128 valence electrons. The number of benzene rings is 1. The van der Waals surface area contributed by atoms with Crippen molar-refractivity contribution in [2.45, 2.75) is 32.2 Å². The number of hydrogen-bond donors (Lipinski definition) is 3. The van der Waals surface area contributed by atoms with E-state index in [2.05, 4.69) is 17.2 Å². The van der Waals surface area contributed by atoms with Gasteiger partial charge in [0, 0.05) is 17.2 Å². The van der Waals surface area contributed by atoms with Crippen LogP contribution in [0.25, 0.3) is 0 Å². The van der Waals surface area contributed by atoms with Crippen molar-refractivity contribution in [3.8, 4) is 0 Å². The molecule has 0 radical (unpaired) electrons. The lowest BCUT2D eigenvalue weighted by atomic mass is 10.1. The van der Waals surface area contributed by atoms with E-state index in [9.17, 15) is 14.4 Å². The van der Waals surface area contributed by atoms with Crippen molar-refractivity contribution in [3.63, 3.8) is 0 Å². The number of rotatable bonds is 8. The first-order valence-corrected chi connectivity index (χ1v) is 7.98. The fourth-order valence-corrected chi connectivity index (χ4v) is 2.41. The molecule has 1 fully saturated rings. The van der Waals surface area contributed by atoms with E-state index in [0.29, 0.717) is 23.6 Å². The minimum Gasteiger partial charge on any atom is -0.480 e. The number of carbonyl (C=O) groups excluding carboxylic acids is 2. The first-order chi connectivity index (χ1) is 11.4. The fraction of sp³-hybridized carbons (Fsp3) is 0.389. The molecule has 0 spiro atoms. The van der Waals surface area contributed by atoms with E-state index in [4.69, 9.17) is 5.11 Å². The number of carboxylic acid groups (broad SMARTS) is 1. The van der Waals surface area contributed by atoms with Crippen LogP contribution in [0.15, 0.2) is 36.9 Å². The van der Waals surface area contributed by atoms with Crippen molar-refractivity contribution in [3.05, 3.63) is 42.5 Å². The van der Waals surface area contributed by atoms with Gasteiger partial charge in [0.05, 0.1) is 0 Å². The molecule has 1 aromatic carbocycles. The van der Waals surface area contributed by atoms with E-state index in [1.165, 1.54) is 0 Å². The molecule has 1 aliphatic rings. The number of aliphatic carboxylic acids is 1. The summed E-state index contributed by atoms with van der Waals surface area (Å²) in [7, 11) is 0. The zero-order valence-electron chi connectivity index (χ0n) is 13.6. The van der Waals surface area contributed by atoms with Crippen LogP contribution in [0.2, 0.25) is 0 Å². The molecule has 1 aliphatic carbocycles. The maximum absolute atomic E-state index is 12.1. The minimum atomic E-state index is -1.08. The maximum Gasteiger partial charge on any atom is 0.326 e. The molecular weight excluding hydrogens is 308 g/mol. The SMILES string of the molecule is C=CCCC(NC(=O)c1ccc(NC(=O)C2CC2C)cc1)C(=O)O. The Labute approximate surface area is 140 Å². The normalized spacial score (nSPS) is 19.9. The van der Waals surface area contributed by atoms with Gasteiger partial charge in [-0.25, -0.2) is 4.79 Å². The highest BCUT2D eigenvalue weighted by Gasteiger charge is 2.39. The highest BCUT2D eigenvalue weighted by atomic mass is 16.4. The van der Waals surface area contributed by atoms with Gasteiger partial charge in [-0.05, 0) is 49.4 Å². The lowest BCUT2D eigenvalue weighted by Gasteiger charge is -2.14. The van der Waals surface area contributed by atoms with Gasteiger partial charge in [-0.15, -0.1) is 6.58 Å². The predicted molar refractivity (Wildman–Crippen MR) is 90.7 cm³/mol. The van der Waals surface area contributed by atoms with E-state index < -0.39 is 17.9 Å². The van der Waals surface area contributed by atoms with Crippen LogP contribution < -0.4 is 10.6 Å². The first kappa shape index (κ1) is 17.7. The predicted octanol–water partition coefficient (Wildman–Crippen LogP) is 2.43. The van der Waals surface area contributed by atoms with Crippen LogP contribution in [-0.4, -0.2) is 28.9 Å². The lowest BCUT2D eigenvalue weighted by molar-refractivity contribution is -0.139. The van der Waals surface area contributed by atoms with Crippen LogP contribution in [0.3, 0.4) is 0 Å². The summed E-state index contributed by atoms with van der Waals surface area (Å²) in [5, 5.41) is 14.4. The Bertz CT molecular complexity index is 639. The molecule has 6 heteroatoms. The van der Waals surface area contributed by atoms with Gasteiger partial charge in [-0.3, -0.25) is 9.59 Å². The number of hydrogen-bond acceptors (Lipinski definition) is 3. The zero-order chi connectivity index (χ0) is 17.7. The van der Waals surface area contributed by atoms with E-state index in [1.54, 1.807) is 30.3 Å². The van der Waals surface area contributed by atoms with Crippen molar-refractivity contribution in [2.75, 3.05) is 5.32 Å². The van der Waals surface area contributed by atoms with E-state index in [1.807, 2.05) is 6.92 Å². The molecule has 24 heavy (non-hydrogen) atoms. The van der Waals surface area contributed by atoms with Crippen molar-refractivity contribution in [2.24, 2.45) is 11.8 Å². The van der Waals surface area contributed by atoms with Crippen LogP contribution in [0.4, 0.5) is 5.69 Å². The number of carbonyl (C=O) groups is 3. The summed E-state index contributed by atoms with van der Waals surface area (Å²) in [6, 6.07) is 5.45. The van der Waals surface area contributed by atoms with Gasteiger partial charge in [-0.2, -0.15) is 0 Å². The average Bonchev–Trinajstić information content (AvgIpc) is 3.28. The molecule has 0 aliphatic heterocycles. The van der Waals surface area contributed by atoms with Crippen molar-refractivity contribution in [1.29, 1.82) is 0 Å². The Kier molecular flexibility index (Phi) is 5.73. The number of nitrogens with one attached hydrogen (secondary N) is 2. The lowest BCUT2D eigenvalue weighted by Crippen LogP contribution is -2.40. The summed E-state index contributed by atoms with van der Waals surface area (Å²) in [6.45, 7) is 5.57. The Balaban J connectivity index is 1.93. The molecule has 3 N–H and O–H groups in total. The molecule has 6 nitrogen and oxygen atoms in total. The Hall–Kier alpha value is -2.63. The standard InChI is InChI=1S/C18H22N2O4/c1-3-4-5-15(18(23)24)20-16(21)12-6-8-13(9-7-12)19-17(22)14-10-11(14)2/h3,6-9,11,14-15H,1,4-5,10H2,2H3,(H,19,22)(H,20,21)(H,23,24). The van der Waals surface area contributed by atoms with Gasteiger partial charge in [-0.1, -0.05) is 13.0 Å². The highest BCUT2D eigenvalue weighted by Crippen LogP contribution is 2.38. The Morgan fingerprint density at radius 2 is 1.96 bits per heavy atom. The van der Waals surface area contributed by atoms with Gasteiger partial charge < -0.3 is 15.7 Å². The molecule has 0 aromatic heterocycles. The summed E-state index contributed by atoms with van der Waals surface area (Å²) in [5.74, 6) is -1.03. The molecule has 0 bridgehead atoms. The van der Waals surface area contributed by atoms with Gasteiger partial charge in [0.2, 0.25) is 5.91 Å². The second kappa shape index (κ2) is 7.77. The average molecular weight is 330 g/mol. The molecule has 0 heterocycles. The number of allylic oxidation sites excluding steroid dienone is 1. The molecule has 0 saturated heterocycles. The van der Waals surface area contributed by atoms with Crippen LogP contribution in [0.1, 0.15) is 36.5 Å².